The summed E-state index contributed by atoms with van der Waals surface area (Å²) in [6.07, 6.45) is 8.96. The van der Waals surface area contributed by atoms with Crippen molar-refractivity contribution in [3.05, 3.63) is 11.6 Å². The molecule has 0 radical (unpaired) electrons. The van der Waals surface area contributed by atoms with E-state index in [-0.39, 0.29) is 6.61 Å². The van der Waals surface area contributed by atoms with Crippen LogP contribution in [0.1, 0.15) is 46.0 Å². The van der Waals surface area contributed by atoms with Crippen molar-refractivity contribution >= 4 is 0 Å². The van der Waals surface area contributed by atoms with Gasteiger partial charge in [0.25, 0.3) is 0 Å². The Hall–Kier alpha value is -0.300. The highest BCUT2D eigenvalue weighted by Crippen LogP contribution is 2.30. The Labute approximate surface area is 81.9 Å². The molecule has 0 bridgehead atoms. The zero-order valence-electron chi connectivity index (χ0n) is 8.92. The standard InChI is InChI=1S/C12H22O/c1-10-3-6-12(7-4-10)8-5-11(2)9-13/h5,10,12-13H,3-4,6-9H2,1-2H3/b11-5+. The van der Waals surface area contributed by atoms with Crippen LogP contribution in [0.5, 0.6) is 0 Å². The van der Waals surface area contributed by atoms with Gasteiger partial charge in [0.1, 0.15) is 0 Å². The van der Waals surface area contributed by atoms with Crippen LogP contribution in [0, 0.1) is 11.8 Å². The van der Waals surface area contributed by atoms with Gasteiger partial charge in [0, 0.05) is 0 Å². The first-order valence-electron chi connectivity index (χ1n) is 5.49. The number of rotatable bonds is 3. The van der Waals surface area contributed by atoms with Gasteiger partial charge in [0.05, 0.1) is 6.61 Å². The average Bonchev–Trinajstić information content (AvgIpc) is 2.16. The molecule has 0 unspecified atom stereocenters. The van der Waals surface area contributed by atoms with Gasteiger partial charge in [0.15, 0.2) is 0 Å². The van der Waals surface area contributed by atoms with Crippen LogP contribution in [0.25, 0.3) is 0 Å². The van der Waals surface area contributed by atoms with Crippen LogP contribution in [-0.2, 0) is 0 Å². The summed E-state index contributed by atoms with van der Waals surface area (Å²) in [6.45, 7) is 4.58. The van der Waals surface area contributed by atoms with Gasteiger partial charge in [-0.3, -0.25) is 0 Å². The highest BCUT2D eigenvalue weighted by molar-refractivity contribution is 4.98. The predicted molar refractivity (Wildman–Crippen MR) is 56.6 cm³/mol. The summed E-state index contributed by atoms with van der Waals surface area (Å²) < 4.78 is 0. The Balaban J connectivity index is 2.23. The number of hydrogen-bond acceptors (Lipinski definition) is 1. The summed E-state index contributed by atoms with van der Waals surface area (Å²) in [5, 5.41) is 8.84. The topological polar surface area (TPSA) is 20.2 Å². The summed E-state index contributed by atoms with van der Waals surface area (Å²) in [5.41, 5.74) is 1.12. The number of aliphatic hydroxyl groups is 1. The molecule has 0 aromatic carbocycles. The molecule has 1 aliphatic rings. The normalized spacial score (nSPS) is 30.5. The number of hydrogen-bond donors (Lipinski definition) is 1. The van der Waals surface area contributed by atoms with Gasteiger partial charge in [-0.05, 0) is 38.0 Å². The van der Waals surface area contributed by atoms with Gasteiger partial charge in [-0.2, -0.15) is 0 Å². The molecule has 0 aromatic rings. The molecule has 1 fully saturated rings. The molecule has 13 heavy (non-hydrogen) atoms. The molecule has 0 aliphatic heterocycles. The Morgan fingerprint density at radius 3 is 2.46 bits per heavy atom. The van der Waals surface area contributed by atoms with Crippen molar-refractivity contribution in [1.29, 1.82) is 0 Å². The minimum Gasteiger partial charge on any atom is -0.392 e. The summed E-state index contributed by atoms with van der Waals surface area (Å²) in [5.74, 6) is 1.83. The van der Waals surface area contributed by atoms with E-state index in [1.807, 2.05) is 6.92 Å². The van der Waals surface area contributed by atoms with E-state index in [2.05, 4.69) is 13.0 Å². The zero-order chi connectivity index (χ0) is 9.68. The van der Waals surface area contributed by atoms with Crippen molar-refractivity contribution in [2.45, 2.75) is 46.0 Å². The molecule has 0 aromatic heterocycles. The molecule has 0 spiro atoms. The van der Waals surface area contributed by atoms with Gasteiger partial charge in [-0.1, -0.05) is 31.4 Å². The van der Waals surface area contributed by atoms with Crippen molar-refractivity contribution < 1.29 is 5.11 Å². The van der Waals surface area contributed by atoms with Crippen molar-refractivity contribution in [2.75, 3.05) is 6.61 Å². The molecular weight excluding hydrogens is 160 g/mol. The molecule has 1 saturated carbocycles. The van der Waals surface area contributed by atoms with E-state index in [1.165, 1.54) is 32.1 Å². The SMILES string of the molecule is C/C(=C\CC1CCC(C)CC1)CO. The fraction of sp³-hybridized carbons (Fsp3) is 0.833. The number of allylic oxidation sites excluding steroid dienone is 1. The smallest absolute Gasteiger partial charge is 0.0639 e. The van der Waals surface area contributed by atoms with E-state index in [9.17, 15) is 0 Å². The largest absolute Gasteiger partial charge is 0.392 e. The Morgan fingerprint density at radius 1 is 1.31 bits per heavy atom. The van der Waals surface area contributed by atoms with E-state index in [0.717, 1.165) is 17.4 Å². The minimum atomic E-state index is 0.225. The van der Waals surface area contributed by atoms with Crippen LogP contribution < -0.4 is 0 Å². The molecule has 0 saturated heterocycles. The van der Waals surface area contributed by atoms with Crippen molar-refractivity contribution in [1.82, 2.24) is 0 Å². The second kappa shape index (κ2) is 5.43. The van der Waals surface area contributed by atoms with Gasteiger partial charge >= 0.3 is 0 Å². The van der Waals surface area contributed by atoms with Gasteiger partial charge in [-0.25, -0.2) is 0 Å². The van der Waals surface area contributed by atoms with Gasteiger partial charge in [0.2, 0.25) is 0 Å². The highest BCUT2D eigenvalue weighted by Gasteiger charge is 2.16. The fourth-order valence-corrected chi connectivity index (χ4v) is 2.00. The summed E-state index contributed by atoms with van der Waals surface area (Å²) in [4.78, 5) is 0. The average molecular weight is 182 g/mol. The first kappa shape index (κ1) is 10.8. The second-order valence-corrected chi connectivity index (χ2v) is 4.57. The lowest BCUT2D eigenvalue weighted by Gasteiger charge is -2.25. The van der Waals surface area contributed by atoms with Crippen LogP contribution in [0.15, 0.2) is 11.6 Å². The van der Waals surface area contributed by atoms with Crippen molar-refractivity contribution in [2.24, 2.45) is 11.8 Å². The number of aliphatic hydroxyl groups excluding tert-OH is 1. The molecule has 0 atom stereocenters. The third-order valence-corrected chi connectivity index (χ3v) is 3.18. The van der Waals surface area contributed by atoms with Crippen molar-refractivity contribution in [3.8, 4) is 0 Å². The Morgan fingerprint density at radius 2 is 1.92 bits per heavy atom. The Bertz CT molecular complexity index is 164. The summed E-state index contributed by atoms with van der Waals surface area (Å²) in [7, 11) is 0. The van der Waals surface area contributed by atoms with Crippen LogP contribution in [0.2, 0.25) is 0 Å². The lowest BCUT2D eigenvalue weighted by molar-refractivity contribution is 0.290. The van der Waals surface area contributed by atoms with Gasteiger partial charge < -0.3 is 5.11 Å². The maximum atomic E-state index is 8.84. The molecule has 0 amide bonds. The van der Waals surface area contributed by atoms with E-state index >= 15 is 0 Å². The highest BCUT2D eigenvalue weighted by atomic mass is 16.3. The van der Waals surface area contributed by atoms with Crippen molar-refractivity contribution in [3.63, 3.8) is 0 Å². The molecule has 1 N–H and O–H groups in total. The molecule has 1 nitrogen and oxygen atoms in total. The van der Waals surface area contributed by atoms with E-state index in [0.29, 0.717) is 0 Å². The third kappa shape index (κ3) is 3.95. The molecule has 1 rings (SSSR count). The van der Waals surface area contributed by atoms with Crippen LogP contribution in [0.4, 0.5) is 0 Å². The Kier molecular flexibility index (Phi) is 4.51. The first-order valence-corrected chi connectivity index (χ1v) is 5.49. The lowest BCUT2D eigenvalue weighted by Crippen LogP contribution is -2.11. The zero-order valence-corrected chi connectivity index (χ0v) is 8.92. The quantitative estimate of drug-likeness (QED) is 0.665. The molecule has 1 heteroatoms. The molecule has 0 heterocycles. The van der Waals surface area contributed by atoms with E-state index in [1.54, 1.807) is 0 Å². The molecular formula is C12H22O. The first-order chi connectivity index (χ1) is 6.22. The summed E-state index contributed by atoms with van der Waals surface area (Å²) in [6, 6.07) is 0. The lowest BCUT2D eigenvalue weighted by atomic mass is 9.81. The predicted octanol–water partition coefficient (Wildman–Crippen LogP) is 3.14. The minimum absolute atomic E-state index is 0.225. The van der Waals surface area contributed by atoms with Crippen LogP contribution in [0.3, 0.4) is 0 Å². The molecule has 1 aliphatic carbocycles. The van der Waals surface area contributed by atoms with E-state index in [4.69, 9.17) is 5.11 Å². The fourth-order valence-electron chi connectivity index (χ4n) is 2.00. The monoisotopic (exact) mass is 182 g/mol. The van der Waals surface area contributed by atoms with Crippen LogP contribution in [-0.4, -0.2) is 11.7 Å². The van der Waals surface area contributed by atoms with Gasteiger partial charge in [-0.15, -0.1) is 0 Å². The third-order valence-electron chi connectivity index (χ3n) is 3.18. The molecule has 76 valence electrons. The second-order valence-electron chi connectivity index (χ2n) is 4.57. The van der Waals surface area contributed by atoms with E-state index < -0.39 is 0 Å². The maximum absolute atomic E-state index is 8.84. The maximum Gasteiger partial charge on any atom is 0.0639 e. The van der Waals surface area contributed by atoms with Crippen LogP contribution >= 0.6 is 0 Å². The summed E-state index contributed by atoms with van der Waals surface area (Å²) >= 11 is 0.